The molecule has 0 heterocycles. The Kier molecular flexibility index (Phi) is 4.64. The van der Waals surface area contributed by atoms with E-state index in [9.17, 15) is 13.2 Å². The normalized spacial score (nSPS) is 11.4. The van der Waals surface area contributed by atoms with E-state index in [0.29, 0.717) is 5.56 Å². The molecule has 0 aliphatic carbocycles. The summed E-state index contributed by atoms with van der Waals surface area (Å²) >= 11 is 3.25. The predicted octanol–water partition coefficient (Wildman–Crippen LogP) is 1.57. The molecule has 0 saturated heterocycles. The maximum atomic E-state index is 11.6. The molecule has 0 spiro atoms. The van der Waals surface area contributed by atoms with Crippen LogP contribution in [0.25, 0.3) is 0 Å². The van der Waals surface area contributed by atoms with Crippen LogP contribution >= 0.6 is 15.9 Å². The molecular formula is C10H12BrNO3S. The fourth-order valence-electron chi connectivity index (χ4n) is 1.02. The molecular weight excluding hydrogens is 294 g/mol. The highest BCUT2D eigenvalue weighted by Gasteiger charge is 2.10. The van der Waals surface area contributed by atoms with E-state index >= 15 is 0 Å². The van der Waals surface area contributed by atoms with E-state index in [2.05, 4.69) is 20.7 Å². The first-order valence-corrected chi connectivity index (χ1v) is 7.15. The first-order chi connectivity index (χ1) is 7.44. The Bertz CT molecular complexity index is 467. The van der Waals surface area contributed by atoms with Gasteiger partial charge >= 0.3 is 0 Å². The van der Waals surface area contributed by atoms with Crippen molar-refractivity contribution in [3.05, 3.63) is 34.3 Å². The van der Waals surface area contributed by atoms with Gasteiger partial charge in [-0.3, -0.25) is 4.79 Å². The van der Waals surface area contributed by atoms with Gasteiger partial charge in [0.1, 0.15) is 0 Å². The molecule has 0 aromatic heterocycles. The van der Waals surface area contributed by atoms with Crippen molar-refractivity contribution in [2.75, 3.05) is 12.3 Å². The molecule has 0 aliphatic heterocycles. The molecule has 0 aliphatic rings. The highest BCUT2D eigenvalue weighted by Crippen LogP contribution is 2.10. The van der Waals surface area contributed by atoms with Gasteiger partial charge in [0.2, 0.25) is 10.0 Å². The number of benzene rings is 1. The Labute approximate surface area is 103 Å². The second kappa shape index (κ2) is 5.56. The summed E-state index contributed by atoms with van der Waals surface area (Å²) in [5, 5.41) is 0. The third-order valence-electron chi connectivity index (χ3n) is 2.00. The van der Waals surface area contributed by atoms with Crippen LogP contribution in [0.2, 0.25) is 0 Å². The lowest BCUT2D eigenvalue weighted by atomic mass is 10.1. The van der Waals surface area contributed by atoms with Gasteiger partial charge in [-0.05, 0) is 19.1 Å². The molecule has 1 N–H and O–H groups in total. The average molecular weight is 306 g/mol. The van der Waals surface area contributed by atoms with Gasteiger partial charge in [0.15, 0.2) is 5.78 Å². The molecule has 0 bridgehead atoms. The summed E-state index contributed by atoms with van der Waals surface area (Å²) in [4.78, 5) is 11.6. The number of sulfonamides is 1. The van der Waals surface area contributed by atoms with E-state index in [1.165, 1.54) is 6.92 Å². The predicted molar refractivity (Wildman–Crippen MR) is 65.9 cm³/mol. The molecule has 16 heavy (non-hydrogen) atoms. The fourth-order valence-corrected chi connectivity index (χ4v) is 1.83. The molecule has 1 aromatic carbocycles. The van der Waals surface area contributed by atoms with Crippen LogP contribution in [-0.2, 0) is 10.0 Å². The Morgan fingerprint density at radius 1 is 1.31 bits per heavy atom. The van der Waals surface area contributed by atoms with Crippen molar-refractivity contribution in [2.45, 2.75) is 6.92 Å². The SMILES string of the molecule is CCS(=O)(=O)NCC(=O)c1ccc(Br)cc1. The van der Waals surface area contributed by atoms with Crippen molar-refractivity contribution in [2.24, 2.45) is 0 Å². The quantitative estimate of drug-likeness (QED) is 0.840. The summed E-state index contributed by atoms with van der Waals surface area (Å²) in [5.41, 5.74) is 0.488. The number of ketones is 1. The molecule has 0 amide bonds. The number of hydrogen-bond donors (Lipinski definition) is 1. The van der Waals surface area contributed by atoms with Crippen molar-refractivity contribution < 1.29 is 13.2 Å². The van der Waals surface area contributed by atoms with E-state index < -0.39 is 10.0 Å². The zero-order valence-corrected chi connectivity index (χ0v) is 11.1. The van der Waals surface area contributed by atoms with Crippen LogP contribution in [0.3, 0.4) is 0 Å². The Morgan fingerprint density at radius 3 is 2.38 bits per heavy atom. The molecule has 0 fully saturated rings. The maximum absolute atomic E-state index is 11.6. The standard InChI is InChI=1S/C10H12BrNO3S/c1-2-16(14,15)12-7-10(13)8-3-5-9(11)6-4-8/h3-6,12H,2,7H2,1H3. The topological polar surface area (TPSA) is 63.2 Å². The van der Waals surface area contributed by atoms with Crippen LogP contribution in [0.5, 0.6) is 0 Å². The Hall–Kier alpha value is -0.720. The summed E-state index contributed by atoms with van der Waals surface area (Å²) in [6, 6.07) is 6.77. The van der Waals surface area contributed by atoms with E-state index in [1.807, 2.05) is 0 Å². The molecule has 0 saturated carbocycles. The van der Waals surface area contributed by atoms with Crippen LogP contribution in [0.1, 0.15) is 17.3 Å². The smallest absolute Gasteiger partial charge is 0.211 e. The number of nitrogens with one attached hydrogen (secondary N) is 1. The van der Waals surface area contributed by atoms with Crippen molar-refractivity contribution in [1.29, 1.82) is 0 Å². The molecule has 0 unspecified atom stereocenters. The van der Waals surface area contributed by atoms with E-state index in [-0.39, 0.29) is 18.1 Å². The molecule has 0 atom stereocenters. The molecule has 88 valence electrons. The van der Waals surface area contributed by atoms with Gasteiger partial charge in [0, 0.05) is 10.0 Å². The Morgan fingerprint density at radius 2 is 1.88 bits per heavy atom. The molecule has 6 heteroatoms. The highest BCUT2D eigenvalue weighted by molar-refractivity contribution is 9.10. The number of hydrogen-bond acceptors (Lipinski definition) is 3. The summed E-state index contributed by atoms with van der Waals surface area (Å²) in [7, 11) is -3.31. The number of carbonyl (C=O) groups excluding carboxylic acids is 1. The van der Waals surface area contributed by atoms with Gasteiger partial charge in [0.25, 0.3) is 0 Å². The molecule has 0 radical (unpaired) electrons. The largest absolute Gasteiger partial charge is 0.293 e. The summed E-state index contributed by atoms with van der Waals surface area (Å²) in [6.07, 6.45) is 0. The van der Waals surface area contributed by atoms with Crippen molar-refractivity contribution >= 4 is 31.7 Å². The second-order valence-electron chi connectivity index (χ2n) is 3.15. The summed E-state index contributed by atoms with van der Waals surface area (Å²) in [6.45, 7) is 1.32. The zero-order chi connectivity index (χ0) is 12.2. The van der Waals surface area contributed by atoms with Crippen molar-refractivity contribution in [3.63, 3.8) is 0 Å². The van der Waals surface area contributed by atoms with Crippen LogP contribution in [0, 0.1) is 0 Å². The van der Waals surface area contributed by atoms with Crippen molar-refractivity contribution in [3.8, 4) is 0 Å². The molecule has 4 nitrogen and oxygen atoms in total. The lowest BCUT2D eigenvalue weighted by molar-refractivity contribution is 0.0997. The van der Waals surface area contributed by atoms with E-state index in [0.717, 1.165) is 4.47 Å². The summed E-state index contributed by atoms with van der Waals surface area (Å²) in [5.74, 6) is -0.273. The minimum atomic E-state index is -3.31. The minimum absolute atomic E-state index is 0.0272. The van der Waals surface area contributed by atoms with Crippen molar-refractivity contribution in [1.82, 2.24) is 4.72 Å². The third kappa shape index (κ3) is 4.03. The molecule has 1 aromatic rings. The monoisotopic (exact) mass is 305 g/mol. The van der Waals surface area contributed by atoms with Crippen LogP contribution in [0.4, 0.5) is 0 Å². The average Bonchev–Trinajstić information content (AvgIpc) is 2.27. The lowest BCUT2D eigenvalue weighted by Gasteiger charge is -2.03. The highest BCUT2D eigenvalue weighted by atomic mass is 79.9. The van der Waals surface area contributed by atoms with Gasteiger partial charge < -0.3 is 0 Å². The Balaban J connectivity index is 2.63. The van der Waals surface area contributed by atoms with Gasteiger partial charge in [0.05, 0.1) is 12.3 Å². The van der Waals surface area contributed by atoms with Crippen LogP contribution in [-0.4, -0.2) is 26.5 Å². The lowest BCUT2D eigenvalue weighted by Crippen LogP contribution is -2.30. The van der Waals surface area contributed by atoms with Gasteiger partial charge in [-0.2, -0.15) is 0 Å². The zero-order valence-electron chi connectivity index (χ0n) is 8.73. The number of carbonyl (C=O) groups is 1. The first kappa shape index (κ1) is 13.3. The second-order valence-corrected chi connectivity index (χ2v) is 6.17. The van der Waals surface area contributed by atoms with Crippen LogP contribution < -0.4 is 4.72 Å². The number of rotatable bonds is 5. The third-order valence-corrected chi connectivity index (χ3v) is 3.87. The van der Waals surface area contributed by atoms with Crippen LogP contribution in [0.15, 0.2) is 28.7 Å². The minimum Gasteiger partial charge on any atom is -0.293 e. The van der Waals surface area contributed by atoms with Gasteiger partial charge in [-0.15, -0.1) is 0 Å². The molecule has 1 rings (SSSR count). The summed E-state index contributed by atoms with van der Waals surface area (Å²) < 4.78 is 25.3. The van der Waals surface area contributed by atoms with Gasteiger partial charge in [-0.25, -0.2) is 13.1 Å². The van der Waals surface area contributed by atoms with Gasteiger partial charge in [-0.1, -0.05) is 28.1 Å². The fraction of sp³-hybridized carbons (Fsp3) is 0.300. The van der Waals surface area contributed by atoms with E-state index in [1.54, 1.807) is 24.3 Å². The number of Topliss-reactive ketones (excluding diaryl/α,β-unsaturated/α-hetero) is 1. The first-order valence-electron chi connectivity index (χ1n) is 4.70. The number of halogens is 1. The maximum Gasteiger partial charge on any atom is 0.211 e. The van der Waals surface area contributed by atoms with E-state index in [4.69, 9.17) is 0 Å².